The normalized spacial score (nSPS) is 20.7. The Hall–Kier alpha value is -3.86. The van der Waals surface area contributed by atoms with Gasteiger partial charge in [-0.25, -0.2) is 0 Å². The van der Waals surface area contributed by atoms with E-state index < -0.39 is 6.04 Å². The number of amides is 2. The Bertz CT molecular complexity index is 1340. The standard InChI is InChI=1S/C34H45N5O5/c1-24-20-39(25(2)23-40)34(42)30-19-29(37-33(41)28-12-16-36-17-13-28)8-9-31(30)44-26(3)7-5-6-18-43-32(24)22-38(4)21-27-10-14-35-15-11-27/h8-17,19,24-26,32,40H,5-7,18,20-23H2,1-4H3,(H,37,41)/t24-,25+,26+,32+/m0/s1. The number of aliphatic hydroxyl groups excluding tert-OH is 1. The number of fused-ring (bicyclic) bond motifs is 1. The average Bonchev–Trinajstić information content (AvgIpc) is 3.03. The third-order valence-corrected chi connectivity index (χ3v) is 7.95. The summed E-state index contributed by atoms with van der Waals surface area (Å²) in [6, 6.07) is 12.0. The molecule has 0 radical (unpaired) electrons. The Labute approximate surface area is 260 Å². The van der Waals surface area contributed by atoms with E-state index in [1.54, 1.807) is 60.0 Å². The summed E-state index contributed by atoms with van der Waals surface area (Å²) in [6.45, 7) is 8.14. The maximum Gasteiger partial charge on any atom is 0.258 e. The molecule has 1 aliphatic heterocycles. The third-order valence-electron chi connectivity index (χ3n) is 7.95. The molecule has 4 rings (SSSR count). The Morgan fingerprint density at radius 3 is 2.50 bits per heavy atom. The van der Waals surface area contributed by atoms with Gasteiger partial charge in [-0.15, -0.1) is 0 Å². The van der Waals surface area contributed by atoms with Crippen molar-refractivity contribution in [3.63, 3.8) is 0 Å². The summed E-state index contributed by atoms with van der Waals surface area (Å²) in [4.78, 5) is 39.2. The predicted octanol–water partition coefficient (Wildman–Crippen LogP) is 4.66. The molecule has 1 aliphatic rings. The van der Waals surface area contributed by atoms with E-state index in [1.807, 2.05) is 26.0 Å². The number of hydrogen-bond donors (Lipinski definition) is 2. The van der Waals surface area contributed by atoms with Gasteiger partial charge in [-0.1, -0.05) is 6.92 Å². The smallest absolute Gasteiger partial charge is 0.258 e. The first-order valence-electron chi connectivity index (χ1n) is 15.4. The first kappa shape index (κ1) is 33.0. The van der Waals surface area contributed by atoms with Gasteiger partial charge in [-0.05, 0) is 88.2 Å². The number of aliphatic hydroxyl groups is 1. The number of aromatic nitrogens is 2. The lowest BCUT2D eigenvalue weighted by Crippen LogP contribution is -2.47. The number of anilines is 1. The lowest BCUT2D eigenvalue weighted by molar-refractivity contribution is -0.0177. The van der Waals surface area contributed by atoms with Crippen LogP contribution >= 0.6 is 0 Å². The zero-order chi connectivity index (χ0) is 31.5. The summed E-state index contributed by atoms with van der Waals surface area (Å²) < 4.78 is 12.8. The number of pyridine rings is 2. The number of ether oxygens (including phenoxy) is 2. The number of nitrogens with zero attached hydrogens (tertiary/aromatic N) is 4. The van der Waals surface area contributed by atoms with Crippen molar-refractivity contribution in [1.82, 2.24) is 19.8 Å². The molecule has 2 aromatic heterocycles. The molecule has 0 bridgehead atoms. The first-order valence-corrected chi connectivity index (χ1v) is 15.4. The third kappa shape index (κ3) is 9.32. The topological polar surface area (TPSA) is 117 Å². The number of carbonyl (C=O) groups excluding carboxylic acids is 2. The SMILES string of the molecule is C[C@@H]1CCCCO[C@H](CN(C)Cc2ccncc2)[C@@H](C)CN([C@H](C)CO)C(=O)c2cc(NC(=O)c3ccncc3)ccc2O1. The second-order valence-corrected chi connectivity index (χ2v) is 11.8. The van der Waals surface area contributed by atoms with Gasteiger partial charge >= 0.3 is 0 Å². The van der Waals surface area contributed by atoms with Gasteiger partial charge in [0.15, 0.2) is 0 Å². The number of likely N-dealkylation sites (N-methyl/N-ethyl adjacent to an activating group) is 1. The predicted molar refractivity (Wildman–Crippen MR) is 170 cm³/mol. The van der Waals surface area contributed by atoms with Crippen molar-refractivity contribution in [2.75, 3.05) is 38.7 Å². The van der Waals surface area contributed by atoms with Crippen molar-refractivity contribution in [1.29, 1.82) is 0 Å². The van der Waals surface area contributed by atoms with Gasteiger partial charge in [0.25, 0.3) is 11.8 Å². The number of carbonyl (C=O) groups is 2. The fourth-order valence-corrected chi connectivity index (χ4v) is 5.34. The number of nitrogens with one attached hydrogen (secondary N) is 1. The molecule has 0 unspecified atom stereocenters. The minimum atomic E-state index is -0.451. The highest BCUT2D eigenvalue weighted by Gasteiger charge is 2.30. The monoisotopic (exact) mass is 603 g/mol. The molecular formula is C34H45N5O5. The molecule has 1 aromatic carbocycles. The van der Waals surface area contributed by atoms with Gasteiger partial charge in [-0.2, -0.15) is 0 Å². The van der Waals surface area contributed by atoms with Gasteiger partial charge in [0.1, 0.15) is 5.75 Å². The van der Waals surface area contributed by atoms with E-state index in [2.05, 4.69) is 34.2 Å². The molecule has 0 fully saturated rings. The van der Waals surface area contributed by atoms with Crippen LogP contribution in [-0.2, 0) is 11.3 Å². The average molecular weight is 604 g/mol. The number of benzene rings is 1. The van der Waals surface area contributed by atoms with E-state index in [0.29, 0.717) is 42.3 Å². The molecule has 10 heteroatoms. The number of hydrogen-bond acceptors (Lipinski definition) is 8. The van der Waals surface area contributed by atoms with Crippen LogP contribution in [0.15, 0.2) is 67.3 Å². The van der Waals surface area contributed by atoms with Crippen LogP contribution in [0, 0.1) is 5.92 Å². The van der Waals surface area contributed by atoms with Crippen LogP contribution in [0.5, 0.6) is 5.75 Å². The molecule has 2 amide bonds. The molecule has 10 nitrogen and oxygen atoms in total. The Balaban J connectivity index is 1.61. The molecule has 0 saturated carbocycles. The lowest BCUT2D eigenvalue weighted by atomic mass is 10.0. The van der Waals surface area contributed by atoms with E-state index in [4.69, 9.17) is 9.47 Å². The van der Waals surface area contributed by atoms with Gasteiger partial charge < -0.3 is 24.8 Å². The molecule has 236 valence electrons. The van der Waals surface area contributed by atoms with Crippen LogP contribution < -0.4 is 10.1 Å². The van der Waals surface area contributed by atoms with Gasteiger partial charge in [0.2, 0.25) is 0 Å². The van der Waals surface area contributed by atoms with Gasteiger partial charge in [-0.3, -0.25) is 24.5 Å². The van der Waals surface area contributed by atoms with E-state index in [9.17, 15) is 14.7 Å². The van der Waals surface area contributed by atoms with E-state index in [0.717, 1.165) is 25.8 Å². The lowest BCUT2D eigenvalue weighted by Gasteiger charge is -2.36. The number of rotatable bonds is 8. The highest BCUT2D eigenvalue weighted by Crippen LogP contribution is 2.29. The Morgan fingerprint density at radius 1 is 1.09 bits per heavy atom. The van der Waals surface area contributed by atoms with E-state index >= 15 is 0 Å². The maximum absolute atomic E-state index is 14.3. The molecule has 3 heterocycles. The molecule has 3 aromatic rings. The minimum Gasteiger partial charge on any atom is -0.490 e. The molecule has 0 saturated heterocycles. The summed E-state index contributed by atoms with van der Waals surface area (Å²) in [6.07, 6.45) is 9.05. The summed E-state index contributed by atoms with van der Waals surface area (Å²) in [7, 11) is 2.07. The fourth-order valence-electron chi connectivity index (χ4n) is 5.34. The Kier molecular flexibility index (Phi) is 12.2. The first-order chi connectivity index (χ1) is 21.2. The van der Waals surface area contributed by atoms with Crippen molar-refractivity contribution in [2.24, 2.45) is 5.92 Å². The van der Waals surface area contributed by atoms with Crippen LogP contribution in [0.1, 0.15) is 66.3 Å². The van der Waals surface area contributed by atoms with Gasteiger partial charge in [0, 0.05) is 68.2 Å². The van der Waals surface area contributed by atoms with Crippen LogP contribution in [-0.4, -0.2) is 88.3 Å². The fraction of sp³-hybridized carbons (Fsp3) is 0.471. The molecule has 0 spiro atoms. The highest BCUT2D eigenvalue weighted by atomic mass is 16.5. The summed E-state index contributed by atoms with van der Waals surface area (Å²) in [5.74, 6) is -0.163. The van der Waals surface area contributed by atoms with Crippen molar-refractivity contribution in [2.45, 2.75) is 64.8 Å². The maximum atomic E-state index is 14.3. The quantitative estimate of drug-likeness (QED) is 0.382. The molecule has 4 atom stereocenters. The zero-order valence-corrected chi connectivity index (χ0v) is 26.2. The van der Waals surface area contributed by atoms with Crippen LogP contribution in [0.25, 0.3) is 0 Å². The second kappa shape index (κ2) is 16.3. The van der Waals surface area contributed by atoms with Crippen molar-refractivity contribution >= 4 is 17.5 Å². The van der Waals surface area contributed by atoms with Crippen molar-refractivity contribution in [3.05, 3.63) is 83.9 Å². The van der Waals surface area contributed by atoms with Crippen molar-refractivity contribution in [3.8, 4) is 5.75 Å². The molecule has 44 heavy (non-hydrogen) atoms. The summed E-state index contributed by atoms with van der Waals surface area (Å²) in [5.41, 5.74) is 2.43. The highest BCUT2D eigenvalue weighted by molar-refractivity contribution is 6.05. The van der Waals surface area contributed by atoms with Crippen LogP contribution in [0.3, 0.4) is 0 Å². The molecule has 2 N–H and O–H groups in total. The Morgan fingerprint density at radius 2 is 1.80 bits per heavy atom. The minimum absolute atomic E-state index is 0.0337. The second-order valence-electron chi connectivity index (χ2n) is 11.8. The summed E-state index contributed by atoms with van der Waals surface area (Å²) in [5, 5.41) is 13.1. The summed E-state index contributed by atoms with van der Waals surface area (Å²) >= 11 is 0. The van der Waals surface area contributed by atoms with Crippen LogP contribution in [0.4, 0.5) is 5.69 Å². The molecular weight excluding hydrogens is 558 g/mol. The van der Waals surface area contributed by atoms with E-state index in [1.165, 1.54) is 5.56 Å². The largest absolute Gasteiger partial charge is 0.490 e. The van der Waals surface area contributed by atoms with Crippen LogP contribution in [0.2, 0.25) is 0 Å². The zero-order valence-electron chi connectivity index (χ0n) is 26.2. The molecule has 0 aliphatic carbocycles. The van der Waals surface area contributed by atoms with Crippen molar-refractivity contribution < 1.29 is 24.2 Å². The van der Waals surface area contributed by atoms with Gasteiger partial charge in [0.05, 0.1) is 30.4 Å². The van der Waals surface area contributed by atoms with E-state index in [-0.39, 0.29) is 36.5 Å².